The third-order valence-electron chi connectivity index (χ3n) is 6.48. The monoisotopic (exact) mass is 484 g/mol. The Morgan fingerprint density at radius 2 is 1.91 bits per heavy atom. The molecule has 3 heterocycles. The van der Waals surface area contributed by atoms with Crippen molar-refractivity contribution in [1.29, 1.82) is 0 Å². The van der Waals surface area contributed by atoms with Gasteiger partial charge in [0.05, 0.1) is 30.1 Å². The van der Waals surface area contributed by atoms with Crippen LogP contribution in [0.5, 0.6) is 0 Å². The number of aromatic nitrogens is 2. The molecule has 0 bridgehead atoms. The van der Waals surface area contributed by atoms with Crippen molar-refractivity contribution in [3.8, 4) is 11.1 Å². The number of hydrogen-bond acceptors (Lipinski definition) is 7. The Balaban J connectivity index is 1.53. The number of aliphatic hydroxyl groups excluding tert-OH is 1. The highest BCUT2D eigenvalue weighted by Crippen LogP contribution is 2.48. The van der Waals surface area contributed by atoms with Crippen LogP contribution in [0.3, 0.4) is 0 Å². The molecule has 0 aliphatic carbocycles. The highest BCUT2D eigenvalue weighted by molar-refractivity contribution is 7.89. The van der Waals surface area contributed by atoms with Gasteiger partial charge in [-0.2, -0.15) is 4.31 Å². The summed E-state index contributed by atoms with van der Waals surface area (Å²) in [7, 11) is -2.34. The Bertz CT molecular complexity index is 1340. The Hall–Kier alpha value is -2.92. The van der Waals surface area contributed by atoms with E-state index in [4.69, 9.17) is 9.84 Å². The molecule has 2 aliphatic rings. The van der Waals surface area contributed by atoms with E-state index in [1.807, 2.05) is 17.9 Å². The summed E-state index contributed by atoms with van der Waals surface area (Å²) in [4.78, 5) is 11.0. The lowest BCUT2D eigenvalue weighted by Gasteiger charge is -2.38. The van der Waals surface area contributed by atoms with E-state index in [1.54, 1.807) is 36.7 Å². The number of nitrogens with zero attached hydrogens (tertiary/aromatic N) is 4. The lowest BCUT2D eigenvalue weighted by atomic mass is 9.81. The average Bonchev–Trinajstić information content (AvgIpc) is 3.16. The van der Waals surface area contributed by atoms with Crippen molar-refractivity contribution in [2.75, 3.05) is 44.9 Å². The van der Waals surface area contributed by atoms with Gasteiger partial charge in [0.2, 0.25) is 16.0 Å². The number of benzene rings is 2. The molecule has 0 radical (unpaired) electrons. The standard InChI is InChI=1S/C24H25FN4O4S/c1-16-3-6-21(25)19(9-16)17-11-26-23(27-12-17)29-13-24(14-33-15-24)20-5-4-18(10-22(20)29)34(31,32)28(2)7-8-30/h3-6,9-12,30H,7-8,13-15H2,1-2H3. The van der Waals surface area contributed by atoms with Gasteiger partial charge in [0, 0.05) is 49.3 Å². The zero-order chi connectivity index (χ0) is 24.1. The third-order valence-corrected chi connectivity index (χ3v) is 8.34. The van der Waals surface area contributed by atoms with Gasteiger partial charge in [0.15, 0.2) is 0 Å². The highest BCUT2D eigenvalue weighted by atomic mass is 32.2. The quantitative estimate of drug-likeness (QED) is 0.575. The molecule has 0 amide bonds. The van der Waals surface area contributed by atoms with Crippen LogP contribution in [-0.4, -0.2) is 67.8 Å². The SMILES string of the molecule is Cc1ccc(F)c(-c2cnc(N3CC4(COC4)c4ccc(S(=O)(=O)N(C)CCO)cc43)nc2)c1. The number of sulfonamides is 1. The van der Waals surface area contributed by atoms with Gasteiger partial charge in [-0.05, 0) is 36.8 Å². The van der Waals surface area contributed by atoms with Gasteiger partial charge in [-0.25, -0.2) is 22.8 Å². The van der Waals surface area contributed by atoms with E-state index in [0.29, 0.717) is 42.5 Å². The molecule has 3 aromatic rings. The molecule has 1 spiro atoms. The maximum absolute atomic E-state index is 14.3. The van der Waals surface area contributed by atoms with E-state index in [1.165, 1.54) is 13.1 Å². The van der Waals surface area contributed by atoms with E-state index in [0.717, 1.165) is 15.4 Å². The zero-order valence-electron chi connectivity index (χ0n) is 18.9. The molecule has 34 heavy (non-hydrogen) atoms. The summed E-state index contributed by atoms with van der Waals surface area (Å²) < 4.78 is 46.9. The Morgan fingerprint density at radius 3 is 2.56 bits per heavy atom. The van der Waals surface area contributed by atoms with Crippen LogP contribution in [0, 0.1) is 12.7 Å². The first-order valence-electron chi connectivity index (χ1n) is 10.9. The second-order valence-electron chi connectivity index (χ2n) is 8.84. The highest BCUT2D eigenvalue weighted by Gasteiger charge is 2.49. The van der Waals surface area contributed by atoms with Crippen molar-refractivity contribution in [2.24, 2.45) is 0 Å². The van der Waals surface area contributed by atoms with E-state index in [2.05, 4.69) is 9.97 Å². The second kappa shape index (κ2) is 8.38. The van der Waals surface area contributed by atoms with Crippen molar-refractivity contribution in [3.05, 3.63) is 65.7 Å². The van der Waals surface area contributed by atoms with Gasteiger partial charge >= 0.3 is 0 Å². The van der Waals surface area contributed by atoms with Crippen molar-refractivity contribution < 1.29 is 22.7 Å². The molecular weight excluding hydrogens is 459 g/mol. The van der Waals surface area contributed by atoms with Crippen molar-refractivity contribution in [2.45, 2.75) is 17.2 Å². The first kappa shape index (κ1) is 22.9. The molecule has 2 aliphatic heterocycles. The molecule has 2 aromatic carbocycles. The molecule has 1 aromatic heterocycles. The van der Waals surface area contributed by atoms with Crippen LogP contribution in [0.15, 0.2) is 53.7 Å². The van der Waals surface area contributed by atoms with Gasteiger partial charge < -0.3 is 14.7 Å². The van der Waals surface area contributed by atoms with Crippen LogP contribution in [0.25, 0.3) is 11.1 Å². The lowest BCUT2D eigenvalue weighted by molar-refractivity contribution is -0.0507. The van der Waals surface area contributed by atoms with Gasteiger partial charge in [-0.3, -0.25) is 0 Å². The summed E-state index contributed by atoms with van der Waals surface area (Å²) in [6.45, 7) is 3.23. The van der Waals surface area contributed by atoms with Crippen LogP contribution in [0.2, 0.25) is 0 Å². The summed E-state index contributed by atoms with van der Waals surface area (Å²) in [5.41, 5.74) is 3.36. The number of aliphatic hydroxyl groups is 1. The average molecular weight is 485 g/mol. The number of ether oxygens (including phenoxy) is 1. The van der Waals surface area contributed by atoms with Crippen LogP contribution in [0.1, 0.15) is 11.1 Å². The first-order chi connectivity index (χ1) is 16.2. The van der Waals surface area contributed by atoms with Gasteiger partial charge in [0.1, 0.15) is 5.82 Å². The first-order valence-corrected chi connectivity index (χ1v) is 12.3. The Kier molecular flexibility index (Phi) is 5.64. The Labute approximate surface area is 197 Å². The lowest BCUT2D eigenvalue weighted by Crippen LogP contribution is -2.49. The van der Waals surface area contributed by atoms with Crippen molar-refractivity contribution in [3.63, 3.8) is 0 Å². The maximum Gasteiger partial charge on any atom is 0.242 e. The van der Waals surface area contributed by atoms with Crippen molar-refractivity contribution >= 4 is 21.7 Å². The largest absolute Gasteiger partial charge is 0.395 e. The number of fused-ring (bicyclic) bond motifs is 2. The number of rotatable bonds is 6. The minimum Gasteiger partial charge on any atom is -0.395 e. The molecule has 1 saturated heterocycles. The summed E-state index contributed by atoms with van der Waals surface area (Å²) >= 11 is 0. The molecule has 0 atom stereocenters. The molecular formula is C24H25FN4O4S. The predicted molar refractivity (Wildman–Crippen MR) is 125 cm³/mol. The number of hydrogen-bond donors (Lipinski definition) is 1. The van der Waals surface area contributed by atoms with E-state index >= 15 is 0 Å². The Morgan fingerprint density at radius 1 is 1.18 bits per heavy atom. The fraction of sp³-hybridized carbons (Fsp3) is 0.333. The van der Waals surface area contributed by atoms with E-state index in [-0.39, 0.29) is 29.3 Å². The number of likely N-dealkylation sites (N-methyl/N-ethyl adjacent to an activating group) is 1. The smallest absolute Gasteiger partial charge is 0.242 e. The normalized spacial score (nSPS) is 16.7. The van der Waals surface area contributed by atoms with E-state index in [9.17, 15) is 12.8 Å². The predicted octanol–water partition coefficient (Wildman–Crippen LogP) is 2.62. The molecule has 0 unspecified atom stereocenters. The van der Waals surface area contributed by atoms with Crippen molar-refractivity contribution in [1.82, 2.24) is 14.3 Å². The molecule has 1 fully saturated rings. The molecule has 10 heteroatoms. The number of anilines is 2. The molecule has 8 nitrogen and oxygen atoms in total. The van der Waals surface area contributed by atoms with Crippen LogP contribution >= 0.6 is 0 Å². The number of halogens is 1. The topological polar surface area (TPSA) is 95.9 Å². The third kappa shape index (κ3) is 3.67. The van der Waals surface area contributed by atoms with Gasteiger partial charge in [-0.15, -0.1) is 0 Å². The zero-order valence-corrected chi connectivity index (χ0v) is 19.7. The molecule has 178 valence electrons. The number of aryl methyl sites for hydroxylation is 1. The summed E-state index contributed by atoms with van der Waals surface area (Å²) in [5.74, 6) is 0.0565. The summed E-state index contributed by atoms with van der Waals surface area (Å²) in [5, 5.41) is 9.17. The fourth-order valence-corrected chi connectivity index (χ4v) is 5.67. The molecule has 1 N–H and O–H groups in total. The molecule has 5 rings (SSSR count). The van der Waals surface area contributed by atoms with Crippen LogP contribution < -0.4 is 4.90 Å². The minimum atomic E-state index is -3.77. The van der Waals surface area contributed by atoms with Crippen LogP contribution in [0.4, 0.5) is 16.0 Å². The molecule has 0 saturated carbocycles. The maximum atomic E-state index is 14.3. The summed E-state index contributed by atoms with van der Waals surface area (Å²) in [6, 6.07) is 9.93. The van der Waals surface area contributed by atoms with E-state index < -0.39 is 10.0 Å². The summed E-state index contributed by atoms with van der Waals surface area (Å²) in [6.07, 6.45) is 3.16. The van der Waals surface area contributed by atoms with Gasteiger partial charge in [0.25, 0.3) is 0 Å². The minimum absolute atomic E-state index is 0.000995. The second-order valence-corrected chi connectivity index (χ2v) is 10.9. The van der Waals surface area contributed by atoms with Gasteiger partial charge in [-0.1, -0.05) is 17.7 Å². The van der Waals surface area contributed by atoms with Crippen LogP contribution in [-0.2, 0) is 20.2 Å². The fourth-order valence-electron chi connectivity index (χ4n) is 4.49.